The lowest BCUT2D eigenvalue weighted by atomic mass is 9.96. The smallest absolute Gasteiger partial charge is 0.236 e. The summed E-state index contributed by atoms with van der Waals surface area (Å²) in [7, 11) is 0. The standard InChI is InChI=1S/C21H34N6O2/c1-2-3-4-8-22-20(29)18-6-11-25(12-7-18)17-19(28)26-13-15-27(16-14-26)21-23-9-5-10-24-21/h5,9-10,18H,2-4,6-8,11-17H2,1H3,(H,22,29). The zero-order valence-corrected chi connectivity index (χ0v) is 17.6. The first-order chi connectivity index (χ1) is 14.2. The van der Waals surface area contributed by atoms with Gasteiger partial charge in [-0.3, -0.25) is 14.5 Å². The molecule has 3 heterocycles. The minimum atomic E-state index is 0.0948. The molecule has 2 saturated heterocycles. The van der Waals surface area contributed by atoms with Gasteiger partial charge in [-0.25, -0.2) is 9.97 Å². The van der Waals surface area contributed by atoms with Crippen molar-refractivity contribution in [3.05, 3.63) is 18.5 Å². The Balaban J connectivity index is 1.34. The molecule has 2 aliphatic heterocycles. The molecule has 0 radical (unpaired) electrons. The Morgan fingerprint density at radius 3 is 2.38 bits per heavy atom. The van der Waals surface area contributed by atoms with Crippen LogP contribution in [0, 0.1) is 5.92 Å². The van der Waals surface area contributed by atoms with Gasteiger partial charge in [0.25, 0.3) is 0 Å². The summed E-state index contributed by atoms with van der Waals surface area (Å²) in [6.45, 7) is 7.95. The largest absolute Gasteiger partial charge is 0.356 e. The molecule has 29 heavy (non-hydrogen) atoms. The topological polar surface area (TPSA) is 81.7 Å². The molecule has 0 aromatic carbocycles. The molecule has 2 aliphatic rings. The highest BCUT2D eigenvalue weighted by atomic mass is 16.2. The van der Waals surface area contributed by atoms with Crippen molar-refractivity contribution in [2.24, 2.45) is 5.92 Å². The molecule has 0 bridgehead atoms. The Bertz CT molecular complexity index is 640. The van der Waals surface area contributed by atoms with Crippen LogP contribution in [0.2, 0.25) is 0 Å². The number of rotatable bonds is 8. The van der Waals surface area contributed by atoms with Crippen LogP contribution in [0.15, 0.2) is 18.5 Å². The van der Waals surface area contributed by atoms with Crippen molar-refractivity contribution in [1.29, 1.82) is 0 Å². The highest BCUT2D eigenvalue weighted by Gasteiger charge is 2.28. The van der Waals surface area contributed by atoms with E-state index < -0.39 is 0 Å². The SMILES string of the molecule is CCCCCNC(=O)C1CCN(CC(=O)N2CCN(c3ncccn3)CC2)CC1. The highest BCUT2D eigenvalue weighted by molar-refractivity contribution is 5.79. The van der Waals surface area contributed by atoms with Crippen LogP contribution in [0.4, 0.5) is 5.95 Å². The number of likely N-dealkylation sites (tertiary alicyclic amines) is 1. The van der Waals surface area contributed by atoms with E-state index in [1.54, 1.807) is 12.4 Å². The van der Waals surface area contributed by atoms with Gasteiger partial charge in [-0.15, -0.1) is 0 Å². The number of hydrogen-bond acceptors (Lipinski definition) is 6. The third-order valence-electron chi connectivity index (χ3n) is 5.86. The minimum absolute atomic E-state index is 0.0948. The third-order valence-corrected chi connectivity index (χ3v) is 5.86. The van der Waals surface area contributed by atoms with E-state index >= 15 is 0 Å². The predicted octanol–water partition coefficient (Wildman–Crippen LogP) is 1.14. The van der Waals surface area contributed by atoms with Gasteiger partial charge in [0, 0.05) is 51.0 Å². The van der Waals surface area contributed by atoms with Gasteiger partial charge in [-0.2, -0.15) is 0 Å². The van der Waals surface area contributed by atoms with Gasteiger partial charge in [-0.05, 0) is 38.4 Å². The number of piperidine rings is 1. The Morgan fingerprint density at radius 2 is 1.72 bits per heavy atom. The Labute approximate surface area is 173 Å². The van der Waals surface area contributed by atoms with Crippen molar-refractivity contribution < 1.29 is 9.59 Å². The molecule has 1 aromatic rings. The number of piperazine rings is 1. The van der Waals surface area contributed by atoms with E-state index in [-0.39, 0.29) is 17.7 Å². The van der Waals surface area contributed by atoms with Crippen molar-refractivity contribution in [3.63, 3.8) is 0 Å². The normalized spacial score (nSPS) is 18.7. The van der Waals surface area contributed by atoms with E-state index in [1.807, 2.05) is 11.0 Å². The Hall–Kier alpha value is -2.22. The molecule has 160 valence electrons. The van der Waals surface area contributed by atoms with E-state index in [0.717, 1.165) is 70.8 Å². The number of carbonyl (C=O) groups is 2. The molecule has 0 spiro atoms. The maximum atomic E-state index is 12.7. The average molecular weight is 403 g/mol. The fraction of sp³-hybridized carbons (Fsp3) is 0.714. The predicted molar refractivity (Wildman–Crippen MR) is 113 cm³/mol. The molecular formula is C21H34N6O2. The summed E-state index contributed by atoms with van der Waals surface area (Å²) in [5.74, 6) is 1.19. The first-order valence-corrected chi connectivity index (χ1v) is 11.0. The van der Waals surface area contributed by atoms with Crippen LogP contribution in [0.25, 0.3) is 0 Å². The number of aromatic nitrogens is 2. The number of anilines is 1. The van der Waals surface area contributed by atoms with E-state index in [9.17, 15) is 9.59 Å². The summed E-state index contributed by atoms with van der Waals surface area (Å²) in [6, 6.07) is 1.81. The van der Waals surface area contributed by atoms with Gasteiger partial charge in [-0.1, -0.05) is 19.8 Å². The lowest BCUT2D eigenvalue weighted by Gasteiger charge is -2.37. The second kappa shape index (κ2) is 11.1. The van der Waals surface area contributed by atoms with Crippen molar-refractivity contribution in [2.45, 2.75) is 39.0 Å². The maximum Gasteiger partial charge on any atom is 0.236 e. The summed E-state index contributed by atoms with van der Waals surface area (Å²) < 4.78 is 0. The van der Waals surface area contributed by atoms with Gasteiger partial charge in [0.15, 0.2) is 0 Å². The summed E-state index contributed by atoms with van der Waals surface area (Å²) in [6.07, 6.45) is 8.55. The monoisotopic (exact) mass is 402 g/mol. The molecule has 0 saturated carbocycles. The molecule has 2 fully saturated rings. The van der Waals surface area contributed by atoms with Crippen LogP contribution in [0.5, 0.6) is 0 Å². The van der Waals surface area contributed by atoms with Crippen molar-refractivity contribution in [1.82, 2.24) is 25.1 Å². The highest BCUT2D eigenvalue weighted by Crippen LogP contribution is 2.18. The number of nitrogens with one attached hydrogen (secondary N) is 1. The van der Waals surface area contributed by atoms with E-state index in [1.165, 1.54) is 0 Å². The molecule has 3 rings (SSSR count). The lowest BCUT2D eigenvalue weighted by Crippen LogP contribution is -2.52. The molecule has 2 amide bonds. The van der Waals surface area contributed by atoms with Crippen molar-refractivity contribution in [2.75, 3.05) is 57.3 Å². The van der Waals surface area contributed by atoms with Crippen LogP contribution < -0.4 is 10.2 Å². The zero-order valence-electron chi connectivity index (χ0n) is 17.6. The fourth-order valence-electron chi connectivity index (χ4n) is 3.99. The molecule has 0 unspecified atom stereocenters. The summed E-state index contributed by atoms with van der Waals surface area (Å²) in [5, 5.41) is 3.06. The van der Waals surface area contributed by atoms with E-state index in [4.69, 9.17) is 0 Å². The fourth-order valence-corrected chi connectivity index (χ4v) is 3.99. The molecule has 8 nitrogen and oxygen atoms in total. The number of amides is 2. The number of carbonyl (C=O) groups excluding carboxylic acids is 2. The molecule has 1 aromatic heterocycles. The zero-order chi connectivity index (χ0) is 20.5. The average Bonchev–Trinajstić information content (AvgIpc) is 2.78. The van der Waals surface area contributed by atoms with Crippen LogP contribution in [-0.2, 0) is 9.59 Å². The summed E-state index contributed by atoms with van der Waals surface area (Å²) in [4.78, 5) is 39.8. The van der Waals surface area contributed by atoms with E-state index in [2.05, 4.69) is 32.0 Å². The minimum Gasteiger partial charge on any atom is -0.356 e. The van der Waals surface area contributed by atoms with Crippen molar-refractivity contribution in [3.8, 4) is 0 Å². The Morgan fingerprint density at radius 1 is 1.03 bits per heavy atom. The van der Waals surface area contributed by atoms with Gasteiger partial charge < -0.3 is 15.1 Å². The third kappa shape index (κ3) is 6.39. The first kappa shape index (κ1) is 21.5. The van der Waals surface area contributed by atoms with Crippen LogP contribution in [0.1, 0.15) is 39.0 Å². The number of unbranched alkanes of at least 4 members (excludes halogenated alkanes) is 2. The summed E-state index contributed by atoms with van der Waals surface area (Å²) in [5.41, 5.74) is 0. The molecule has 8 heteroatoms. The van der Waals surface area contributed by atoms with Gasteiger partial charge in [0.1, 0.15) is 0 Å². The molecular weight excluding hydrogens is 368 g/mol. The van der Waals surface area contributed by atoms with Gasteiger partial charge in [0.05, 0.1) is 6.54 Å². The second-order valence-electron chi connectivity index (χ2n) is 7.97. The van der Waals surface area contributed by atoms with Gasteiger partial charge in [0.2, 0.25) is 17.8 Å². The summed E-state index contributed by atoms with van der Waals surface area (Å²) >= 11 is 0. The van der Waals surface area contributed by atoms with Crippen LogP contribution in [0.3, 0.4) is 0 Å². The molecule has 0 aliphatic carbocycles. The maximum absolute atomic E-state index is 12.7. The van der Waals surface area contributed by atoms with Gasteiger partial charge >= 0.3 is 0 Å². The van der Waals surface area contributed by atoms with Crippen LogP contribution in [-0.4, -0.2) is 83.9 Å². The Kier molecular flexibility index (Phi) is 8.22. The quantitative estimate of drug-likeness (QED) is 0.657. The number of hydrogen-bond donors (Lipinski definition) is 1. The van der Waals surface area contributed by atoms with Crippen molar-refractivity contribution >= 4 is 17.8 Å². The number of nitrogens with zero attached hydrogens (tertiary/aromatic N) is 5. The van der Waals surface area contributed by atoms with E-state index in [0.29, 0.717) is 19.6 Å². The second-order valence-corrected chi connectivity index (χ2v) is 7.97. The lowest BCUT2D eigenvalue weighted by molar-refractivity contribution is -0.133. The molecule has 1 N–H and O–H groups in total. The van der Waals surface area contributed by atoms with Crippen LogP contribution >= 0.6 is 0 Å². The first-order valence-electron chi connectivity index (χ1n) is 11.0. The molecule has 0 atom stereocenters.